The maximum atomic E-state index is 12.1. The molecule has 1 saturated heterocycles. The molecule has 6 nitrogen and oxygen atoms in total. The average molecular weight is 353 g/mol. The highest BCUT2D eigenvalue weighted by atomic mass is 32.2. The molecular formula is C17H28N4O2S. The standard InChI is InChI=1S/C17H28N4O2S/c1-17(2)13-21(9-10-24(17,22)23)16(18-3)19-12-14-7-6-8-15(11-14)20(4)5/h6-8,11H,9-10,12-13H2,1-5H3,(H,18,19). The SMILES string of the molecule is CN=C(NCc1cccc(N(C)C)c1)N1CCS(=O)(=O)C(C)(C)C1. The summed E-state index contributed by atoms with van der Waals surface area (Å²) in [5, 5.41) is 3.35. The zero-order valence-electron chi connectivity index (χ0n) is 15.2. The van der Waals surface area contributed by atoms with Gasteiger partial charge in [-0.25, -0.2) is 8.42 Å². The Morgan fingerprint density at radius 2 is 2.08 bits per heavy atom. The highest BCUT2D eigenvalue weighted by Crippen LogP contribution is 2.23. The molecule has 1 N–H and O–H groups in total. The molecule has 24 heavy (non-hydrogen) atoms. The van der Waals surface area contributed by atoms with Crippen molar-refractivity contribution < 1.29 is 8.42 Å². The van der Waals surface area contributed by atoms with E-state index in [4.69, 9.17) is 0 Å². The third-order valence-corrected chi connectivity index (χ3v) is 6.97. The second-order valence-electron chi connectivity index (χ2n) is 6.97. The first kappa shape index (κ1) is 18.6. The first-order chi connectivity index (χ1) is 11.2. The average Bonchev–Trinajstić information content (AvgIpc) is 2.51. The van der Waals surface area contributed by atoms with E-state index in [2.05, 4.69) is 33.4 Å². The summed E-state index contributed by atoms with van der Waals surface area (Å²) >= 11 is 0. The minimum atomic E-state index is -3.05. The summed E-state index contributed by atoms with van der Waals surface area (Å²) in [7, 11) is 2.71. The fourth-order valence-corrected chi connectivity index (χ4v) is 4.15. The molecule has 0 unspecified atom stereocenters. The highest BCUT2D eigenvalue weighted by molar-refractivity contribution is 7.92. The van der Waals surface area contributed by atoms with Crippen LogP contribution in [0, 0.1) is 0 Å². The Morgan fingerprint density at radius 3 is 2.67 bits per heavy atom. The number of sulfone groups is 1. The van der Waals surface area contributed by atoms with E-state index in [0.717, 1.165) is 17.2 Å². The number of nitrogens with one attached hydrogen (secondary N) is 1. The van der Waals surface area contributed by atoms with Crippen molar-refractivity contribution in [1.82, 2.24) is 10.2 Å². The van der Waals surface area contributed by atoms with E-state index >= 15 is 0 Å². The van der Waals surface area contributed by atoms with Crippen molar-refractivity contribution in [2.24, 2.45) is 4.99 Å². The predicted octanol–water partition coefficient (Wildman–Crippen LogP) is 1.34. The van der Waals surface area contributed by atoms with Crippen molar-refractivity contribution in [1.29, 1.82) is 0 Å². The summed E-state index contributed by atoms with van der Waals surface area (Å²) in [5.74, 6) is 0.907. The monoisotopic (exact) mass is 352 g/mol. The Hall–Kier alpha value is -1.76. The van der Waals surface area contributed by atoms with Crippen LogP contribution >= 0.6 is 0 Å². The minimum Gasteiger partial charge on any atom is -0.378 e. The van der Waals surface area contributed by atoms with Gasteiger partial charge in [-0.3, -0.25) is 4.99 Å². The fourth-order valence-electron chi connectivity index (χ4n) is 2.78. The van der Waals surface area contributed by atoms with Gasteiger partial charge in [-0.05, 0) is 31.5 Å². The lowest BCUT2D eigenvalue weighted by Crippen LogP contribution is -2.57. The highest BCUT2D eigenvalue weighted by Gasteiger charge is 2.40. The molecule has 1 fully saturated rings. The van der Waals surface area contributed by atoms with Crippen LogP contribution in [0.25, 0.3) is 0 Å². The van der Waals surface area contributed by atoms with Gasteiger partial charge < -0.3 is 15.1 Å². The first-order valence-electron chi connectivity index (χ1n) is 8.10. The second-order valence-corrected chi connectivity index (χ2v) is 9.71. The number of hydrogen-bond donors (Lipinski definition) is 1. The van der Waals surface area contributed by atoms with Gasteiger partial charge in [0.25, 0.3) is 0 Å². The third kappa shape index (κ3) is 4.01. The molecule has 1 heterocycles. The van der Waals surface area contributed by atoms with Crippen LogP contribution in [0.1, 0.15) is 19.4 Å². The van der Waals surface area contributed by atoms with Crippen molar-refractivity contribution in [2.45, 2.75) is 25.1 Å². The number of nitrogens with zero attached hydrogens (tertiary/aromatic N) is 3. The van der Waals surface area contributed by atoms with Crippen LogP contribution in [-0.2, 0) is 16.4 Å². The van der Waals surface area contributed by atoms with E-state index in [1.54, 1.807) is 20.9 Å². The molecule has 1 aliphatic heterocycles. The van der Waals surface area contributed by atoms with Crippen molar-refractivity contribution in [2.75, 3.05) is 44.9 Å². The Bertz CT molecular complexity index is 711. The summed E-state index contributed by atoms with van der Waals surface area (Å²) < 4.78 is 23.5. The van der Waals surface area contributed by atoms with Gasteiger partial charge in [0.15, 0.2) is 15.8 Å². The summed E-state index contributed by atoms with van der Waals surface area (Å²) in [6.45, 7) is 5.14. The zero-order valence-corrected chi connectivity index (χ0v) is 16.0. The number of benzene rings is 1. The van der Waals surface area contributed by atoms with Crippen molar-refractivity contribution >= 4 is 21.5 Å². The van der Waals surface area contributed by atoms with Gasteiger partial charge in [-0.2, -0.15) is 0 Å². The first-order valence-corrected chi connectivity index (χ1v) is 9.76. The van der Waals surface area contributed by atoms with Crippen LogP contribution in [0.4, 0.5) is 5.69 Å². The van der Waals surface area contributed by atoms with Crippen LogP contribution < -0.4 is 10.2 Å². The summed E-state index contributed by atoms with van der Waals surface area (Å²) in [5.41, 5.74) is 2.31. The molecule has 7 heteroatoms. The smallest absolute Gasteiger partial charge is 0.193 e. The van der Waals surface area contributed by atoms with E-state index in [9.17, 15) is 8.42 Å². The Balaban J connectivity index is 2.05. The number of aliphatic imine (C=N–C) groups is 1. The second kappa shape index (κ2) is 7.01. The van der Waals surface area contributed by atoms with Gasteiger partial charge in [-0.15, -0.1) is 0 Å². The molecule has 134 valence electrons. The molecule has 0 aromatic heterocycles. The number of anilines is 1. The van der Waals surface area contributed by atoms with Crippen LogP contribution in [-0.4, -0.2) is 64.0 Å². The van der Waals surface area contributed by atoms with Gasteiger partial charge in [0.2, 0.25) is 0 Å². The van der Waals surface area contributed by atoms with E-state index < -0.39 is 14.6 Å². The summed E-state index contributed by atoms with van der Waals surface area (Å²) in [6, 6.07) is 8.30. The van der Waals surface area contributed by atoms with Gasteiger partial charge in [0.1, 0.15) is 0 Å². The quantitative estimate of drug-likeness (QED) is 0.657. The molecule has 1 aliphatic rings. The van der Waals surface area contributed by atoms with Gasteiger partial charge in [0.05, 0.1) is 10.5 Å². The third-order valence-electron chi connectivity index (χ3n) is 4.43. The maximum Gasteiger partial charge on any atom is 0.193 e. The summed E-state index contributed by atoms with van der Waals surface area (Å²) in [6.07, 6.45) is 0. The lowest BCUT2D eigenvalue weighted by atomic mass is 10.2. The van der Waals surface area contributed by atoms with Gasteiger partial charge >= 0.3 is 0 Å². The topological polar surface area (TPSA) is 65.0 Å². The molecular weight excluding hydrogens is 324 g/mol. The van der Waals surface area contributed by atoms with Crippen LogP contribution in [0.2, 0.25) is 0 Å². The molecule has 1 aromatic rings. The van der Waals surface area contributed by atoms with Crippen molar-refractivity contribution in [3.8, 4) is 0 Å². The molecule has 0 radical (unpaired) electrons. The van der Waals surface area contributed by atoms with Crippen molar-refractivity contribution in [3.63, 3.8) is 0 Å². The van der Waals surface area contributed by atoms with E-state index in [1.807, 2.05) is 25.1 Å². The van der Waals surface area contributed by atoms with Crippen LogP contribution in [0.15, 0.2) is 29.3 Å². The molecule has 2 rings (SSSR count). The minimum absolute atomic E-state index is 0.164. The Kier molecular flexibility index (Phi) is 5.42. The molecule has 0 amide bonds. The van der Waals surface area contributed by atoms with Gasteiger partial charge in [-0.1, -0.05) is 12.1 Å². The van der Waals surface area contributed by atoms with E-state index in [-0.39, 0.29) is 5.75 Å². The fraction of sp³-hybridized carbons (Fsp3) is 0.588. The normalized spacial score (nSPS) is 19.9. The molecule has 0 spiro atoms. The van der Waals surface area contributed by atoms with Crippen molar-refractivity contribution in [3.05, 3.63) is 29.8 Å². The number of hydrogen-bond acceptors (Lipinski definition) is 4. The van der Waals surface area contributed by atoms with Gasteiger partial charge in [0, 0.05) is 46.5 Å². The molecule has 0 atom stereocenters. The molecule has 0 bridgehead atoms. The lowest BCUT2D eigenvalue weighted by Gasteiger charge is -2.39. The molecule has 1 aromatic carbocycles. The number of guanidine groups is 1. The Morgan fingerprint density at radius 1 is 1.38 bits per heavy atom. The number of rotatable bonds is 3. The molecule has 0 saturated carbocycles. The lowest BCUT2D eigenvalue weighted by molar-refractivity contribution is 0.353. The zero-order chi connectivity index (χ0) is 18.0. The largest absolute Gasteiger partial charge is 0.378 e. The van der Waals surface area contributed by atoms with Crippen LogP contribution in [0.5, 0.6) is 0 Å². The van der Waals surface area contributed by atoms with Crippen LogP contribution in [0.3, 0.4) is 0 Å². The molecule has 0 aliphatic carbocycles. The van der Waals surface area contributed by atoms with E-state index in [1.165, 1.54) is 0 Å². The summed E-state index contributed by atoms with van der Waals surface area (Å²) in [4.78, 5) is 8.41. The Labute approximate surface area is 145 Å². The van der Waals surface area contributed by atoms with E-state index in [0.29, 0.717) is 19.6 Å². The maximum absolute atomic E-state index is 12.1. The predicted molar refractivity (Wildman–Crippen MR) is 100 cm³/mol.